The van der Waals surface area contributed by atoms with Crippen molar-refractivity contribution in [1.29, 1.82) is 0 Å². The minimum Gasteiger partial charge on any atom is -0.508 e. The Morgan fingerprint density at radius 1 is 0.913 bits per heavy atom. The van der Waals surface area contributed by atoms with E-state index >= 15 is 0 Å². The van der Waals surface area contributed by atoms with E-state index in [1.54, 1.807) is 30.3 Å². The van der Waals surface area contributed by atoms with Gasteiger partial charge < -0.3 is 54.6 Å². The summed E-state index contributed by atoms with van der Waals surface area (Å²) in [7, 11) is 1.54. The molecule has 12 heteroatoms. The van der Waals surface area contributed by atoms with Crippen LogP contribution in [0.2, 0.25) is 0 Å². The molecule has 1 saturated heterocycles. The lowest BCUT2D eigenvalue weighted by atomic mass is 9.90. The lowest BCUT2D eigenvalue weighted by molar-refractivity contribution is 0.152. The predicted octanol–water partition coefficient (Wildman–Crippen LogP) is 7.69. The number of aliphatic hydroxyl groups excluding tert-OH is 3. The lowest BCUT2D eigenvalue weighted by Crippen LogP contribution is -2.52. The molecule has 0 radical (unpaired) electrons. The van der Waals surface area contributed by atoms with Crippen LogP contribution in [0, 0.1) is 5.92 Å². The van der Waals surface area contributed by atoms with E-state index in [1.165, 1.54) is 7.11 Å². The molecule has 0 amide bonds. The highest BCUT2D eigenvalue weighted by atomic mass is 16.5. The first-order valence-electron chi connectivity index (χ1n) is 24.2. The first-order valence-corrected chi connectivity index (χ1v) is 24.2. The predicted molar refractivity (Wildman–Crippen MR) is 269 cm³/mol. The van der Waals surface area contributed by atoms with Gasteiger partial charge in [-0.15, -0.1) is 0 Å². The number of nitrogens with one attached hydrogen (secondary N) is 1. The molecular weight excluding hydrogens is 871 g/mol. The summed E-state index contributed by atoms with van der Waals surface area (Å²) in [6.45, 7) is 4.37. The van der Waals surface area contributed by atoms with Crippen LogP contribution in [0.25, 0.3) is 17.2 Å². The van der Waals surface area contributed by atoms with Crippen LogP contribution in [0.3, 0.4) is 0 Å². The van der Waals surface area contributed by atoms with E-state index in [1.807, 2.05) is 36.4 Å². The average Bonchev–Trinajstić information content (AvgIpc) is 3.82. The maximum Gasteiger partial charge on any atom is 0.335 e. The molecule has 4 bridgehead atoms. The number of hydrogen-bond acceptors (Lipinski definition) is 10. The summed E-state index contributed by atoms with van der Waals surface area (Å²) in [6, 6.07) is 33.7. The number of ether oxygens (including phenoxy) is 4. The van der Waals surface area contributed by atoms with Crippen LogP contribution in [0.1, 0.15) is 76.1 Å². The molecule has 4 atom stereocenters. The van der Waals surface area contributed by atoms with Crippen LogP contribution in [0.5, 0.6) is 28.7 Å². The maximum absolute atomic E-state index is 12.2. The molecule has 1 fully saturated rings. The second-order valence-electron chi connectivity index (χ2n) is 18.3. The first kappa shape index (κ1) is 47.5. The number of aryl methyl sites for hydroxylation is 2. The van der Waals surface area contributed by atoms with Crippen LogP contribution in [0.15, 0.2) is 109 Å². The van der Waals surface area contributed by atoms with E-state index < -0.39 is 12.2 Å². The summed E-state index contributed by atoms with van der Waals surface area (Å²) in [4.78, 5) is 19.9. The number of nitrogens with zero attached hydrogens (tertiary/aromatic N) is 2. The Morgan fingerprint density at radius 3 is 2.54 bits per heavy atom. The van der Waals surface area contributed by atoms with Crippen molar-refractivity contribution in [3.8, 4) is 39.9 Å². The highest BCUT2D eigenvalue weighted by Crippen LogP contribution is 2.53. The number of aliphatic hydroxyl groups is 3. The quantitative estimate of drug-likeness (QED) is 0.0809. The summed E-state index contributed by atoms with van der Waals surface area (Å²) >= 11 is 0. The van der Waals surface area contributed by atoms with Gasteiger partial charge in [0.25, 0.3) is 0 Å². The number of methoxy groups -OCH3 is 1. The number of phenols is 1. The summed E-state index contributed by atoms with van der Waals surface area (Å²) in [5, 5.41) is 46.5. The molecule has 5 aromatic carbocycles. The third-order valence-electron chi connectivity index (χ3n) is 13.6. The molecule has 12 nitrogen and oxygen atoms in total. The van der Waals surface area contributed by atoms with Crippen molar-refractivity contribution in [2.75, 3.05) is 51.5 Å². The van der Waals surface area contributed by atoms with Crippen molar-refractivity contribution in [3.05, 3.63) is 159 Å². The van der Waals surface area contributed by atoms with E-state index in [0.717, 1.165) is 88.5 Å². The first-order chi connectivity index (χ1) is 33.7. The standard InChI is InChI=1S/C57H62N3O9/c1-3-44-30-49-42-11-7-10-37(26-42)14-21-48-53-52(50(65)31-51(69-53)40-16-19-46(63)20-17-40)55(67-25-22-47(64)18-13-36-8-5-4-6-9-36)56(66-2)54(48)68-35-39(33-61)28-41-15-12-38(27-43(41)34-62)29-45-32-58-23-24-60(45)57(49)59-44/h4-13,15-20,26-27,30,39,45,47,51,58,61-64H,3,14,21-25,28-29,31-35H2,1-2H3/q-1/p+1/b18-13+/t39-,45-,47+,51?/m1/s1. The van der Waals surface area contributed by atoms with Gasteiger partial charge in [-0.05, 0) is 114 Å². The molecule has 4 aliphatic heterocycles. The molecule has 6 aromatic rings. The lowest BCUT2D eigenvalue weighted by Gasteiger charge is -2.45. The Labute approximate surface area is 404 Å². The van der Waals surface area contributed by atoms with Crippen LogP contribution in [-0.2, 0) is 38.7 Å². The number of anilines is 1. The van der Waals surface area contributed by atoms with Gasteiger partial charge in [0.15, 0.2) is 17.1 Å². The number of ketones is 1. The van der Waals surface area contributed by atoms with Gasteiger partial charge in [-0.25, -0.2) is 0 Å². The van der Waals surface area contributed by atoms with Crippen LogP contribution in [0.4, 0.5) is 5.82 Å². The highest BCUT2D eigenvalue weighted by Gasteiger charge is 2.41. The number of piperazine rings is 1. The fourth-order valence-corrected chi connectivity index (χ4v) is 9.88. The Balaban J connectivity index is 1.16. The molecule has 5 heterocycles. The molecular formula is C57H63N3O9. The zero-order chi connectivity index (χ0) is 47.9. The van der Waals surface area contributed by atoms with Crippen molar-refractivity contribution in [2.45, 2.75) is 76.7 Å². The van der Waals surface area contributed by atoms with Crippen molar-refractivity contribution >= 4 is 17.7 Å². The molecule has 360 valence electrons. The molecule has 4 aliphatic rings. The molecule has 69 heavy (non-hydrogen) atoms. The zero-order valence-corrected chi connectivity index (χ0v) is 39.4. The van der Waals surface area contributed by atoms with E-state index in [-0.39, 0.29) is 74.3 Å². The molecule has 1 unspecified atom stereocenters. The Morgan fingerprint density at radius 2 is 1.75 bits per heavy atom. The fourth-order valence-electron chi connectivity index (χ4n) is 9.88. The number of benzene rings is 5. The van der Waals surface area contributed by atoms with E-state index in [4.69, 9.17) is 23.9 Å². The smallest absolute Gasteiger partial charge is 0.335 e. The summed E-state index contributed by atoms with van der Waals surface area (Å²) in [6.07, 6.45) is 5.47. The van der Waals surface area contributed by atoms with Crippen molar-refractivity contribution in [1.82, 2.24) is 10.3 Å². The summed E-state index contributed by atoms with van der Waals surface area (Å²) in [5.74, 6) is 1.95. The molecule has 0 spiro atoms. The molecule has 0 saturated carbocycles. The second kappa shape index (κ2) is 21.8. The third kappa shape index (κ3) is 10.7. The number of phenolic OH excluding ortho intramolecular Hbond substituents is 1. The number of rotatable bonds is 11. The van der Waals surface area contributed by atoms with Crippen molar-refractivity contribution in [3.63, 3.8) is 0 Å². The molecule has 10 rings (SSSR count). The summed E-state index contributed by atoms with van der Waals surface area (Å²) in [5.41, 5.74) is 9.80. The Kier molecular flexibility index (Phi) is 15.0. The number of fused-ring (bicyclic) bond motifs is 7. The van der Waals surface area contributed by atoms with Gasteiger partial charge in [-0.1, -0.05) is 122 Å². The molecule has 1 aromatic heterocycles. The maximum atomic E-state index is 12.2. The minimum atomic E-state index is -0.824. The van der Waals surface area contributed by atoms with Gasteiger partial charge >= 0.3 is 5.78 Å². The van der Waals surface area contributed by atoms with E-state index in [9.17, 15) is 25.2 Å². The van der Waals surface area contributed by atoms with Crippen LogP contribution >= 0.6 is 0 Å². The van der Waals surface area contributed by atoms with Gasteiger partial charge in [0.2, 0.25) is 5.75 Å². The Bertz CT molecular complexity index is 2750. The number of hydrogen-bond donors (Lipinski definition) is 5. The minimum absolute atomic E-state index is 0.0331. The van der Waals surface area contributed by atoms with Crippen LogP contribution in [-0.4, -0.2) is 89.7 Å². The van der Waals surface area contributed by atoms with Gasteiger partial charge in [-0.2, -0.15) is 0 Å². The fraction of sp³-hybridized carbons (Fsp3) is 0.351. The van der Waals surface area contributed by atoms with Gasteiger partial charge in [0, 0.05) is 24.5 Å². The number of carbonyl (C=O) groups excluding carboxylic acids is 1. The average molecular weight is 934 g/mol. The van der Waals surface area contributed by atoms with Gasteiger partial charge in [-0.3, -0.25) is 4.79 Å². The zero-order valence-electron chi connectivity index (χ0n) is 39.4. The largest absolute Gasteiger partial charge is 0.508 e. The van der Waals surface area contributed by atoms with Gasteiger partial charge in [0.1, 0.15) is 24.0 Å². The number of aromatic nitrogens is 1. The van der Waals surface area contributed by atoms with E-state index in [0.29, 0.717) is 41.9 Å². The molecule has 6 N–H and O–H groups in total. The summed E-state index contributed by atoms with van der Waals surface area (Å²) < 4.78 is 26.6. The number of aromatic hydroxyl groups is 1. The second-order valence-corrected chi connectivity index (χ2v) is 18.3. The Hall–Kier alpha value is -6.57. The topological polar surface area (TPSA) is 169 Å². The monoisotopic (exact) mass is 933 g/mol. The van der Waals surface area contributed by atoms with Crippen LogP contribution < -0.4 is 34.1 Å². The van der Waals surface area contributed by atoms with Gasteiger partial charge in [0.05, 0.1) is 33.0 Å². The highest BCUT2D eigenvalue weighted by molar-refractivity contribution is 6.05. The van der Waals surface area contributed by atoms with Crippen molar-refractivity contribution < 1.29 is 44.2 Å². The van der Waals surface area contributed by atoms with Crippen molar-refractivity contribution in [2.24, 2.45) is 5.92 Å². The third-order valence-corrected chi connectivity index (χ3v) is 13.6. The normalized spacial score (nSPS) is 18.8. The van der Waals surface area contributed by atoms with E-state index in [2.05, 4.69) is 65.7 Å². The SMILES string of the molecule is CCc1cc2c([n-]1)N1CCNC[C@H]1Cc1ccc(c(CO)c1)C[C@H](CO)COc1c(c3c(c(OCC[C@@H](O)/C=C/c4ccccc4)c1OC)C(=[OH+])CC(c1ccc(O)cc1)O3)CCc1cccc-2c1. The molecule has 0 aliphatic carbocycles.